The number of hydrogen-bond donors (Lipinski definition) is 4. The molecule has 1 saturated carbocycles. The highest BCUT2D eigenvalue weighted by molar-refractivity contribution is 7.98. The molecule has 21 heavy (non-hydrogen) atoms. The summed E-state index contributed by atoms with van der Waals surface area (Å²) in [7, 11) is 0. The third kappa shape index (κ3) is 5.82. The fourth-order valence-electron chi connectivity index (χ4n) is 2.71. The number of thioether (sulfide) groups is 1. The van der Waals surface area contributed by atoms with Crippen molar-refractivity contribution in [3.05, 3.63) is 0 Å². The summed E-state index contributed by atoms with van der Waals surface area (Å²) in [5.41, 5.74) is 4.40. The van der Waals surface area contributed by atoms with Crippen LogP contribution >= 0.6 is 11.8 Å². The van der Waals surface area contributed by atoms with E-state index in [0.717, 1.165) is 12.8 Å². The van der Waals surface area contributed by atoms with Crippen molar-refractivity contribution in [3.63, 3.8) is 0 Å². The van der Waals surface area contributed by atoms with Crippen molar-refractivity contribution in [2.45, 2.75) is 50.1 Å². The minimum absolute atomic E-state index is 0.0927. The van der Waals surface area contributed by atoms with Crippen molar-refractivity contribution >= 4 is 29.7 Å². The summed E-state index contributed by atoms with van der Waals surface area (Å²) in [6.45, 7) is 0. The standard InChI is InChI=1S/C13H23N3O4S/c1-21-7-4-9(15-12(14)20)11(19)16-13(8-10(17)18)5-2-3-6-13/h9H,2-8H2,1H3,(H,16,19)(H,17,18)(H3,14,15,20). The lowest BCUT2D eigenvalue weighted by Crippen LogP contribution is -2.56. The number of urea groups is 1. The van der Waals surface area contributed by atoms with Crippen molar-refractivity contribution in [3.8, 4) is 0 Å². The van der Waals surface area contributed by atoms with E-state index in [1.807, 2.05) is 6.26 Å². The van der Waals surface area contributed by atoms with E-state index in [9.17, 15) is 14.4 Å². The average molecular weight is 317 g/mol. The molecule has 0 aromatic carbocycles. The Morgan fingerprint density at radius 1 is 1.33 bits per heavy atom. The molecule has 0 radical (unpaired) electrons. The zero-order valence-corrected chi connectivity index (χ0v) is 13.0. The van der Waals surface area contributed by atoms with Gasteiger partial charge in [0, 0.05) is 0 Å². The molecule has 0 aliphatic heterocycles. The van der Waals surface area contributed by atoms with Gasteiger partial charge in [-0.1, -0.05) is 12.8 Å². The van der Waals surface area contributed by atoms with Crippen LogP contribution in [0.4, 0.5) is 4.79 Å². The van der Waals surface area contributed by atoms with Gasteiger partial charge in [0.05, 0.1) is 12.0 Å². The topological polar surface area (TPSA) is 122 Å². The maximum absolute atomic E-state index is 12.3. The van der Waals surface area contributed by atoms with Crippen molar-refractivity contribution in [1.82, 2.24) is 10.6 Å². The number of hydrogen-bond acceptors (Lipinski definition) is 4. The van der Waals surface area contributed by atoms with Gasteiger partial charge in [-0.2, -0.15) is 11.8 Å². The molecular formula is C13H23N3O4S. The number of rotatable bonds is 8. The number of nitrogens with one attached hydrogen (secondary N) is 2. The molecule has 0 aromatic rings. The molecule has 0 saturated heterocycles. The SMILES string of the molecule is CSCCC(NC(N)=O)C(=O)NC1(CC(=O)O)CCCC1. The fourth-order valence-corrected chi connectivity index (χ4v) is 3.18. The largest absolute Gasteiger partial charge is 0.481 e. The van der Waals surface area contributed by atoms with E-state index in [1.165, 1.54) is 0 Å². The van der Waals surface area contributed by atoms with Gasteiger partial charge < -0.3 is 21.5 Å². The molecular weight excluding hydrogens is 294 g/mol. The maximum Gasteiger partial charge on any atom is 0.312 e. The average Bonchev–Trinajstić information content (AvgIpc) is 2.81. The van der Waals surface area contributed by atoms with Gasteiger partial charge in [0.25, 0.3) is 0 Å². The van der Waals surface area contributed by atoms with E-state index < -0.39 is 23.6 Å². The summed E-state index contributed by atoms with van der Waals surface area (Å²) in [4.78, 5) is 34.4. The second-order valence-corrected chi connectivity index (χ2v) is 6.38. The number of carbonyl (C=O) groups is 3. The van der Waals surface area contributed by atoms with E-state index in [1.54, 1.807) is 11.8 Å². The van der Waals surface area contributed by atoms with Crippen LogP contribution in [0, 0.1) is 0 Å². The molecule has 1 unspecified atom stereocenters. The highest BCUT2D eigenvalue weighted by atomic mass is 32.2. The van der Waals surface area contributed by atoms with Crippen LogP contribution in [0.1, 0.15) is 38.5 Å². The zero-order chi connectivity index (χ0) is 15.9. The first-order valence-electron chi connectivity index (χ1n) is 6.97. The van der Waals surface area contributed by atoms with Crippen LogP contribution in [0.25, 0.3) is 0 Å². The van der Waals surface area contributed by atoms with Crippen LogP contribution < -0.4 is 16.4 Å². The van der Waals surface area contributed by atoms with Crippen molar-refractivity contribution in [2.24, 2.45) is 5.73 Å². The summed E-state index contributed by atoms with van der Waals surface area (Å²) in [6, 6.07) is -1.48. The van der Waals surface area contributed by atoms with E-state index >= 15 is 0 Å². The Morgan fingerprint density at radius 2 is 1.95 bits per heavy atom. The molecule has 8 heteroatoms. The Balaban J connectivity index is 2.72. The molecule has 1 rings (SSSR count). The van der Waals surface area contributed by atoms with E-state index in [0.29, 0.717) is 25.0 Å². The highest BCUT2D eigenvalue weighted by Gasteiger charge is 2.38. The molecule has 120 valence electrons. The third-order valence-corrected chi connectivity index (χ3v) is 4.33. The lowest BCUT2D eigenvalue weighted by molar-refractivity contribution is -0.139. The molecule has 0 bridgehead atoms. The maximum atomic E-state index is 12.3. The Kier molecular flexibility index (Phi) is 6.80. The molecule has 0 heterocycles. The molecule has 0 spiro atoms. The van der Waals surface area contributed by atoms with E-state index in [2.05, 4.69) is 10.6 Å². The van der Waals surface area contributed by atoms with Crippen LogP contribution in [0.5, 0.6) is 0 Å². The molecule has 5 N–H and O–H groups in total. The number of nitrogens with two attached hydrogens (primary N) is 1. The molecule has 1 aliphatic carbocycles. The molecule has 3 amide bonds. The van der Waals surface area contributed by atoms with Crippen LogP contribution in [-0.2, 0) is 9.59 Å². The highest BCUT2D eigenvalue weighted by Crippen LogP contribution is 2.32. The third-order valence-electron chi connectivity index (χ3n) is 3.68. The van der Waals surface area contributed by atoms with Gasteiger partial charge in [-0.3, -0.25) is 9.59 Å². The van der Waals surface area contributed by atoms with Crippen LogP contribution in [0.3, 0.4) is 0 Å². The van der Waals surface area contributed by atoms with Crippen LogP contribution in [-0.4, -0.2) is 46.6 Å². The van der Waals surface area contributed by atoms with Crippen molar-refractivity contribution in [1.29, 1.82) is 0 Å². The van der Waals surface area contributed by atoms with Gasteiger partial charge in [0.15, 0.2) is 0 Å². The number of carboxylic acids is 1. The number of aliphatic carboxylic acids is 1. The monoisotopic (exact) mass is 317 g/mol. The summed E-state index contributed by atoms with van der Waals surface area (Å²) >= 11 is 1.56. The first-order valence-corrected chi connectivity index (χ1v) is 8.37. The zero-order valence-electron chi connectivity index (χ0n) is 12.2. The molecule has 7 nitrogen and oxygen atoms in total. The number of carbonyl (C=O) groups excluding carboxylic acids is 2. The van der Waals surface area contributed by atoms with Crippen molar-refractivity contribution in [2.75, 3.05) is 12.0 Å². The van der Waals surface area contributed by atoms with Gasteiger partial charge in [-0.25, -0.2) is 4.79 Å². The quantitative estimate of drug-likeness (QED) is 0.524. The predicted molar refractivity (Wildman–Crippen MR) is 81.1 cm³/mol. The Morgan fingerprint density at radius 3 is 2.43 bits per heavy atom. The molecule has 1 atom stereocenters. The number of carboxylic acid groups (broad SMARTS) is 1. The normalized spacial score (nSPS) is 18.0. The molecule has 1 aliphatic rings. The van der Waals surface area contributed by atoms with Gasteiger partial charge in [-0.05, 0) is 31.3 Å². The lowest BCUT2D eigenvalue weighted by atomic mass is 9.92. The minimum Gasteiger partial charge on any atom is -0.481 e. The smallest absolute Gasteiger partial charge is 0.312 e. The van der Waals surface area contributed by atoms with E-state index in [-0.39, 0.29) is 12.3 Å². The second kappa shape index (κ2) is 8.11. The molecule has 1 fully saturated rings. The summed E-state index contributed by atoms with van der Waals surface area (Å²) in [5.74, 6) is -0.587. The Hall–Kier alpha value is -1.44. The Bertz CT molecular complexity index is 397. The fraction of sp³-hybridized carbons (Fsp3) is 0.769. The first-order chi connectivity index (χ1) is 9.88. The van der Waals surface area contributed by atoms with Crippen LogP contribution in [0.15, 0.2) is 0 Å². The number of primary amides is 1. The van der Waals surface area contributed by atoms with Gasteiger partial charge in [0.2, 0.25) is 5.91 Å². The lowest BCUT2D eigenvalue weighted by Gasteiger charge is -2.31. The summed E-state index contributed by atoms with van der Waals surface area (Å²) in [6.07, 6.45) is 5.36. The summed E-state index contributed by atoms with van der Waals surface area (Å²) in [5, 5.41) is 14.3. The first kappa shape index (κ1) is 17.6. The molecule has 0 aromatic heterocycles. The van der Waals surface area contributed by atoms with E-state index in [4.69, 9.17) is 10.8 Å². The van der Waals surface area contributed by atoms with Gasteiger partial charge in [0.1, 0.15) is 6.04 Å². The second-order valence-electron chi connectivity index (χ2n) is 5.39. The predicted octanol–water partition coefficient (Wildman–Crippen LogP) is 0.680. The van der Waals surface area contributed by atoms with Crippen LogP contribution in [0.2, 0.25) is 0 Å². The van der Waals surface area contributed by atoms with Gasteiger partial charge in [-0.15, -0.1) is 0 Å². The summed E-state index contributed by atoms with van der Waals surface area (Å²) < 4.78 is 0. The minimum atomic E-state index is -0.930. The Labute approximate surface area is 128 Å². The number of amides is 3. The van der Waals surface area contributed by atoms with Gasteiger partial charge >= 0.3 is 12.0 Å². The van der Waals surface area contributed by atoms with Crippen molar-refractivity contribution < 1.29 is 19.5 Å².